The summed E-state index contributed by atoms with van der Waals surface area (Å²) in [5, 5.41) is 9.53. The van der Waals surface area contributed by atoms with Gasteiger partial charge in [0, 0.05) is 5.69 Å². The molecule has 1 heterocycles. The molecule has 1 saturated heterocycles. The number of carbonyl (C=O) groups is 1. The number of nitriles is 1. The number of carbonyl (C=O) groups excluding carboxylic acids is 1. The number of nitrogens with zero attached hydrogens (tertiary/aromatic N) is 3. The number of halogens is 1. The molecule has 0 unspecified atom stereocenters. The zero-order chi connectivity index (χ0) is 19.1. The summed E-state index contributed by atoms with van der Waals surface area (Å²) in [6, 6.07) is 14.8. The van der Waals surface area contributed by atoms with E-state index in [0.29, 0.717) is 16.4 Å². The first kappa shape index (κ1) is 18.6. The first-order chi connectivity index (χ1) is 12.3. The van der Waals surface area contributed by atoms with Crippen LogP contribution in [0.2, 0.25) is 0 Å². The van der Waals surface area contributed by atoms with E-state index in [2.05, 4.69) is 6.07 Å². The van der Waals surface area contributed by atoms with E-state index in [1.54, 1.807) is 12.1 Å². The second-order valence-electron chi connectivity index (χ2n) is 6.50. The molecule has 0 bridgehead atoms. The molecule has 0 aliphatic carbocycles. The maximum atomic E-state index is 13.1. The van der Waals surface area contributed by atoms with Crippen LogP contribution in [0, 0.1) is 18.3 Å². The van der Waals surface area contributed by atoms with E-state index in [9.17, 15) is 4.79 Å². The standard InChI is InChI=1S/C19H16IN3O2S/c1-12-10-15(5-4-13(12)11-21)22-17(24)19(2,3)23(18(22)26)14-6-8-16(25-20)9-7-14/h4-10H,1-3H3. The third-order valence-electron chi connectivity index (χ3n) is 4.44. The second kappa shape index (κ2) is 6.85. The molecule has 3 rings (SSSR count). The number of anilines is 2. The molecule has 0 spiro atoms. The Hall–Kier alpha value is -2.18. The van der Waals surface area contributed by atoms with E-state index in [1.807, 2.05) is 79.0 Å². The molecular weight excluding hydrogens is 461 g/mol. The molecule has 1 aliphatic heterocycles. The molecule has 0 atom stereocenters. The zero-order valence-corrected chi connectivity index (χ0v) is 17.5. The van der Waals surface area contributed by atoms with Gasteiger partial charge >= 0.3 is 0 Å². The van der Waals surface area contributed by atoms with E-state index < -0.39 is 5.54 Å². The summed E-state index contributed by atoms with van der Waals surface area (Å²) in [5.74, 6) is 0.615. The van der Waals surface area contributed by atoms with E-state index in [1.165, 1.54) is 4.90 Å². The van der Waals surface area contributed by atoms with Crippen LogP contribution in [0.25, 0.3) is 0 Å². The van der Waals surface area contributed by atoms with Gasteiger partial charge in [0.1, 0.15) is 11.3 Å². The van der Waals surface area contributed by atoms with Gasteiger partial charge in [-0.25, -0.2) is 0 Å². The summed E-state index contributed by atoms with van der Waals surface area (Å²) in [7, 11) is 0. The lowest BCUT2D eigenvalue weighted by atomic mass is 10.0. The maximum Gasteiger partial charge on any atom is 0.259 e. The van der Waals surface area contributed by atoms with Crippen LogP contribution in [-0.2, 0) is 4.79 Å². The molecule has 5 nitrogen and oxygen atoms in total. The molecule has 0 radical (unpaired) electrons. The highest BCUT2D eigenvalue weighted by molar-refractivity contribution is 14.1. The van der Waals surface area contributed by atoms with Crippen molar-refractivity contribution in [2.24, 2.45) is 0 Å². The minimum absolute atomic E-state index is 0.110. The van der Waals surface area contributed by atoms with Gasteiger partial charge in [-0.1, -0.05) is 0 Å². The number of hydrogen-bond donors (Lipinski definition) is 0. The average molecular weight is 477 g/mol. The Balaban J connectivity index is 2.04. The van der Waals surface area contributed by atoms with Crippen LogP contribution in [0.4, 0.5) is 11.4 Å². The van der Waals surface area contributed by atoms with Gasteiger partial charge in [-0.2, -0.15) is 5.26 Å². The van der Waals surface area contributed by atoms with Gasteiger partial charge in [-0.3, -0.25) is 9.69 Å². The summed E-state index contributed by atoms with van der Waals surface area (Å²) < 4.78 is 5.17. The van der Waals surface area contributed by atoms with E-state index in [-0.39, 0.29) is 5.91 Å². The molecule has 0 N–H and O–H groups in total. The van der Waals surface area contributed by atoms with Crippen molar-refractivity contribution in [2.45, 2.75) is 26.3 Å². The van der Waals surface area contributed by atoms with E-state index >= 15 is 0 Å². The Morgan fingerprint density at radius 2 is 1.77 bits per heavy atom. The lowest BCUT2D eigenvalue weighted by molar-refractivity contribution is -0.120. The summed E-state index contributed by atoms with van der Waals surface area (Å²) in [6.07, 6.45) is 0. The normalized spacial score (nSPS) is 16.0. The van der Waals surface area contributed by atoms with Crippen LogP contribution >= 0.6 is 35.2 Å². The van der Waals surface area contributed by atoms with Crippen LogP contribution in [-0.4, -0.2) is 16.6 Å². The van der Waals surface area contributed by atoms with E-state index in [0.717, 1.165) is 17.0 Å². The van der Waals surface area contributed by atoms with Gasteiger partial charge < -0.3 is 7.97 Å². The number of hydrogen-bond acceptors (Lipinski definition) is 4. The summed E-state index contributed by atoms with van der Waals surface area (Å²) in [4.78, 5) is 16.5. The van der Waals surface area contributed by atoms with Crippen molar-refractivity contribution in [2.75, 3.05) is 9.80 Å². The average Bonchev–Trinajstić information content (AvgIpc) is 2.80. The SMILES string of the molecule is Cc1cc(N2C(=O)C(C)(C)N(c3ccc(OI)cc3)C2=S)ccc1C#N. The molecule has 2 aromatic carbocycles. The summed E-state index contributed by atoms with van der Waals surface area (Å²) >= 11 is 7.47. The van der Waals surface area contributed by atoms with Gasteiger partial charge in [-0.15, -0.1) is 0 Å². The highest BCUT2D eigenvalue weighted by Crippen LogP contribution is 2.37. The number of rotatable bonds is 3. The number of amides is 1. The van der Waals surface area contributed by atoms with Crippen molar-refractivity contribution >= 4 is 57.6 Å². The monoisotopic (exact) mass is 477 g/mol. The maximum absolute atomic E-state index is 13.1. The van der Waals surface area contributed by atoms with Gasteiger partial charge in [0.25, 0.3) is 5.91 Å². The fourth-order valence-electron chi connectivity index (χ4n) is 3.02. The molecule has 1 amide bonds. The van der Waals surface area contributed by atoms with Gasteiger partial charge in [0.05, 0.1) is 17.3 Å². The topological polar surface area (TPSA) is 56.6 Å². The lowest BCUT2D eigenvalue weighted by Gasteiger charge is -2.29. The van der Waals surface area contributed by atoms with Crippen molar-refractivity contribution < 1.29 is 7.86 Å². The fourth-order valence-corrected chi connectivity index (χ4v) is 3.83. The molecule has 1 aliphatic rings. The third-order valence-corrected chi connectivity index (χ3v) is 5.31. The Kier molecular flexibility index (Phi) is 4.90. The Morgan fingerprint density at radius 3 is 2.31 bits per heavy atom. The molecule has 0 aromatic heterocycles. The predicted octanol–water partition coefficient (Wildman–Crippen LogP) is 4.51. The zero-order valence-electron chi connectivity index (χ0n) is 14.5. The predicted molar refractivity (Wildman–Crippen MR) is 114 cm³/mol. The first-order valence-corrected chi connectivity index (χ1v) is 9.18. The van der Waals surface area contributed by atoms with Gasteiger partial charge in [0.15, 0.2) is 28.1 Å². The van der Waals surface area contributed by atoms with Crippen LogP contribution in [0.1, 0.15) is 25.0 Å². The number of thiocarbonyl (C=S) groups is 1. The second-order valence-corrected chi connectivity index (χ2v) is 7.31. The fraction of sp³-hybridized carbons (Fsp3) is 0.211. The molecule has 1 fully saturated rings. The minimum atomic E-state index is -0.828. The van der Waals surface area contributed by atoms with Crippen LogP contribution in [0.3, 0.4) is 0 Å². The lowest BCUT2D eigenvalue weighted by Crippen LogP contribution is -2.44. The van der Waals surface area contributed by atoms with Crippen LogP contribution in [0.5, 0.6) is 5.75 Å². The highest BCUT2D eigenvalue weighted by atomic mass is 127. The Labute approximate surface area is 171 Å². The van der Waals surface area contributed by atoms with Crippen molar-refractivity contribution in [3.63, 3.8) is 0 Å². The molecule has 2 aromatic rings. The minimum Gasteiger partial charge on any atom is -0.428 e. The van der Waals surface area contributed by atoms with Gasteiger partial charge in [-0.05, 0) is 81.0 Å². The molecule has 132 valence electrons. The smallest absolute Gasteiger partial charge is 0.259 e. The third kappa shape index (κ3) is 2.93. The van der Waals surface area contributed by atoms with Crippen molar-refractivity contribution in [3.05, 3.63) is 53.6 Å². The Bertz CT molecular complexity index is 935. The first-order valence-electron chi connectivity index (χ1n) is 7.89. The molecule has 26 heavy (non-hydrogen) atoms. The van der Waals surface area contributed by atoms with Crippen molar-refractivity contribution in [1.82, 2.24) is 0 Å². The van der Waals surface area contributed by atoms with E-state index in [4.69, 9.17) is 20.5 Å². The molecule has 7 heteroatoms. The van der Waals surface area contributed by atoms with Crippen LogP contribution < -0.4 is 12.9 Å². The molecular formula is C19H16IN3O2S. The molecule has 0 saturated carbocycles. The number of aryl methyl sites for hydroxylation is 1. The largest absolute Gasteiger partial charge is 0.428 e. The van der Waals surface area contributed by atoms with Crippen molar-refractivity contribution in [1.29, 1.82) is 5.26 Å². The summed E-state index contributed by atoms with van der Waals surface area (Å²) in [5.41, 5.74) is 2.04. The quantitative estimate of drug-likeness (QED) is 0.481. The van der Waals surface area contributed by atoms with Gasteiger partial charge in [0.2, 0.25) is 0 Å². The Morgan fingerprint density at radius 1 is 1.15 bits per heavy atom. The summed E-state index contributed by atoms with van der Waals surface area (Å²) in [6.45, 7) is 5.54. The number of benzene rings is 2. The van der Waals surface area contributed by atoms with Crippen LogP contribution in [0.15, 0.2) is 42.5 Å². The van der Waals surface area contributed by atoms with Crippen molar-refractivity contribution in [3.8, 4) is 11.8 Å². The highest BCUT2D eigenvalue weighted by Gasteiger charge is 2.50.